The highest BCUT2D eigenvalue weighted by atomic mass is 16.7. The third-order valence-corrected chi connectivity index (χ3v) is 4.85. The molecule has 6 nitrogen and oxygen atoms in total. The zero-order valence-electron chi connectivity index (χ0n) is 14.2. The summed E-state index contributed by atoms with van der Waals surface area (Å²) in [7, 11) is 0. The summed E-state index contributed by atoms with van der Waals surface area (Å²) in [6, 6.07) is 6.21. The molecule has 0 amide bonds. The van der Waals surface area contributed by atoms with Crippen LogP contribution in [0.3, 0.4) is 0 Å². The summed E-state index contributed by atoms with van der Waals surface area (Å²) in [6.45, 7) is 9.46. The van der Waals surface area contributed by atoms with Crippen molar-refractivity contribution in [2.24, 2.45) is 0 Å². The lowest BCUT2D eigenvalue weighted by molar-refractivity contribution is 0.174. The summed E-state index contributed by atoms with van der Waals surface area (Å²) in [5.41, 5.74) is 3.69. The van der Waals surface area contributed by atoms with E-state index >= 15 is 0 Å². The fourth-order valence-electron chi connectivity index (χ4n) is 3.23. The zero-order chi connectivity index (χ0) is 16.5. The summed E-state index contributed by atoms with van der Waals surface area (Å²) < 4.78 is 10.8. The number of benzene rings is 1. The molecule has 0 spiro atoms. The van der Waals surface area contributed by atoms with E-state index in [1.165, 1.54) is 16.7 Å². The van der Waals surface area contributed by atoms with Crippen LogP contribution in [0.25, 0.3) is 0 Å². The Morgan fingerprint density at radius 2 is 1.83 bits per heavy atom. The number of piperazine rings is 1. The lowest BCUT2D eigenvalue weighted by Gasteiger charge is -2.35. The van der Waals surface area contributed by atoms with Crippen molar-refractivity contribution in [3.63, 3.8) is 0 Å². The molecule has 126 valence electrons. The van der Waals surface area contributed by atoms with Crippen molar-refractivity contribution in [1.29, 1.82) is 0 Å². The lowest BCUT2D eigenvalue weighted by atomic mass is 10.1. The molecule has 3 heterocycles. The Bertz CT molecular complexity index is 742. The first-order chi connectivity index (χ1) is 11.7. The fourth-order valence-corrected chi connectivity index (χ4v) is 3.23. The molecular formula is C18H22N4O2. The van der Waals surface area contributed by atoms with E-state index in [2.05, 4.69) is 46.0 Å². The minimum Gasteiger partial charge on any atom is -0.454 e. The van der Waals surface area contributed by atoms with Crippen LogP contribution >= 0.6 is 0 Å². The van der Waals surface area contributed by atoms with E-state index in [1.807, 2.05) is 12.3 Å². The highest BCUT2D eigenvalue weighted by Crippen LogP contribution is 2.33. The topological polar surface area (TPSA) is 50.7 Å². The Hall–Kier alpha value is -2.34. The molecule has 6 heteroatoms. The molecule has 0 radical (unpaired) electrons. The van der Waals surface area contributed by atoms with Gasteiger partial charge in [0.1, 0.15) is 0 Å². The van der Waals surface area contributed by atoms with Gasteiger partial charge in [0.2, 0.25) is 6.79 Å². The predicted molar refractivity (Wildman–Crippen MR) is 91.6 cm³/mol. The van der Waals surface area contributed by atoms with Gasteiger partial charge in [-0.05, 0) is 42.7 Å². The minimum absolute atomic E-state index is 0.328. The number of hydrogen-bond donors (Lipinski definition) is 0. The molecule has 2 aliphatic heterocycles. The van der Waals surface area contributed by atoms with Crippen molar-refractivity contribution in [2.75, 3.05) is 37.9 Å². The third-order valence-electron chi connectivity index (χ3n) is 4.85. The first kappa shape index (κ1) is 15.2. The number of rotatable bonds is 3. The fraction of sp³-hybridized carbons (Fsp3) is 0.444. The van der Waals surface area contributed by atoms with Gasteiger partial charge in [0.25, 0.3) is 0 Å². The summed E-state index contributed by atoms with van der Waals surface area (Å²) in [5, 5.41) is 8.45. The van der Waals surface area contributed by atoms with Crippen molar-refractivity contribution >= 4 is 5.82 Å². The average Bonchev–Trinajstić information content (AvgIpc) is 3.06. The van der Waals surface area contributed by atoms with Crippen LogP contribution < -0.4 is 14.4 Å². The number of aromatic nitrogens is 2. The van der Waals surface area contributed by atoms with E-state index in [0.717, 1.165) is 50.0 Å². The summed E-state index contributed by atoms with van der Waals surface area (Å²) in [4.78, 5) is 4.80. The third kappa shape index (κ3) is 2.89. The van der Waals surface area contributed by atoms with Gasteiger partial charge in [-0.1, -0.05) is 6.07 Å². The minimum atomic E-state index is 0.328. The van der Waals surface area contributed by atoms with Gasteiger partial charge in [-0.25, -0.2) is 0 Å². The van der Waals surface area contributed by atoms with E-state index in [-0.39, 0.29) is 0 Å². The predicted octanol–water partition coefficient (Wildman–Crippen LogP) is 2.14. The van der Waals surface area contributed by atoms with Crippen LogP contribution in [0.1, 0.15) is 16.7 Å². The van der Waals surface area contributed by atoms with E-state index in [9.17, 15) is 0 Å². The van der Waals surface area contributed by atoms with Crippen LogP contribution in [0.4, 0.5) is 5.82 Å². The Labute approximate surface area is 142 Å². The number of nitrogens with zero attached hydrogens (tertiary/aromatic N) is 4. The molecule has 0 atom stereocenters. The molecule has 1 saturated heterocycles. The second kappa shape index (κ2) is 6.28. The molecule has 1 fully saturated rings. The SMILES string of the molecule is Cc1cnnc(N2CCN(Cc3ccc4c(c3)OCO4)CC2)c1C. The van der Waals surface area contributed by atoms with Crippen LogP contribution in [0.5, 0.6) is 11.5 Å². The summed E-state index contributed by atoms with van der Waals surface area (Å²) in [5.74, 6) is 2.73. The maximum Gasteiger partial charge on any atom is 0.231 e. The Balaban J connectivity index is 1.39. The number of hydrogen-bond acceptors (Lipinski definition) is 6. The Kier molecular flexibility index (Phi) is 3.98. The van der Waals surface area contributed by atoms with Crippen molar-refractivity contribution < 1.29 is 9.47 Å². The van der Waals surface area contributed by atoms with E-state index < -0.39 is 0 Å². The molecule has 0 unspecified atom stereocenters. The van der Waals surface area contributed by atoms with E-state index in [1.54, 1.807) is 0 Å². The monoisotopic (exact) mass is 326 g/mol. The number of aryl methyl sites for hydroxylation is 1. The Morgan fingerprint density at radius 1 is 1.04 bits per heavy atom. The molecule has 0 saturated carbocycles. The van der Waals surface area contributed by atoms with Gasteiger partial charge in [-0.15, -0.1) is 5.10 Å². The van der Waals surface area contributed by atoms with Gasteiger partial charge in [-0.2, -0.15) is 5.10 Å². The number of fused-ring (bicyclic) bond motifs is 1. The van der Waals surface area contributed by atoms with Crippen LogP contribution in [0.2, 0.25) is 0 Å². The van der Waals surface area contributed by atoms with Gasteiger partial charge in [0.15, 0.2) is 17.3 Å². The van der Waals surface area contributed by atoms with Crippen LogP contribution in [0.15, 0.2) is 24.4 Å². The highest BCUT2D eigenvalue weighted by Gasteiger charge is 2.21. The molecule has 24 heavy (non-hydrogen) atoms. The molecule has 4 rings (SSSR count). The lowest BCUT2D eigenvalue weighted by Crippen LogP contribution is -2.46. The van der Waals surface area contributed by atoms with E-state index in [0.29, 0.717) is 6.79 Å². The number of anilines is 1. The maximum atomic E-state index is 5.46. The van der Waals surface area contributed by atoms with E-state index in [4.69, 9.17) is 9.47 Å². The smallest absolute Gasteiger partial charge is 0.231 e. The van der Waals surface area contributed by atoms with Crippen LogP contribution in [0, 0.1) is 13.8 Å². The molecule has 0 bridgehead atoms. The largest absolute Gasteiger partial charge is 0.454 e. The molecule has 2 aliphatic rings. The normalized spacial score (nSPS) is 17.3. The van der Waals surface area contributed by atoms with Gasteiger partial charge >= 0.3 is 0 Å². The van der Waals surface area contributed by atoms with Gasteiger partial charge < -0.3 is 14.4 Å². The van der Waals surface area contributed by atoms with Crippen molar-refractivity contribution in [1.82, 2.24) is 15.1 Å². The second-order valence-corrected chi connectivity index (χ2v) is 6.43. The average molecular weight is 326 g/mol. The highest BCUT2D eigenvalue weighted by molar-refractivity contribution is 5.48. The number of ether oxygens (including phenoxy) is 2. The van der Waals surface area contributed by atoms with Crippen LogP contribution in [-0.2, 0) is 6.54 Å². The molecular weight excluding hydrogens is 304 g/mol. The zero-order valence-corrected chi connectivity index (χ0v) is 14.2. The van der Waals surface area contributed by atoms with Crippen molar-refractivity contribution in [3.05, 3.63) is 41.1 Å². The van der Waals surface area contributed by atoms with Crippen molar-refractivity contribution in [3.8, 4) is 11.5 Å². The summed E-state index contributed by atoms with van der Waals surface area (Å²) in [6.07, 6.45) is 1.83. The first-order valence-electron chi connectivity index (χ1n) is 8.35. The maximum absolute atomic E-state index is 5.46. The molecule has 1 aromatic heterocycles. The molecule has 2 aromatic rings. The quantitative estimate of drug-likeness (QED) is 0.861. The first-order valence-corrected chi connectivity index (χ1v) is 8.35. The van der Waals surface area contributed by atoms with Crippen LogP contribution in [-0.4, -0.2) is 48.1 Å². The molecule has 1 aromatic carbocycles. The molecule has 0 aliphatic carbocycles. The second-order valence-electron chi connectivity index (χ2n) is 6.43. The van der Waals surface area contributed by atoms with Crippen molar-refractivity contribution in [2.45, 2.75) is 20.4 Å². The Morgan fingerprint density at radius 3 is 2.67 bits per heavy atom. The van der Waals surface area contributed by atoms with Gasteiger partial charge in [0.05, 0.1) is 6.20 Å². The standard InChI is InChI=1S/C18H22N4O2/c1-13-10-19-20-18(14(13)2)22-7-5-21(6-8-22)11-15-3-4-16-17(9-15)24-12-23-16/h3-4,9-10H,5-8,11-12H2,1-2H3. The summed E-state index contributed by atoms with van der Waals surface area (Å²) >= 11 is 0. The van der Waals surface area contributed by atoms with Gasteiger partial charge in [0, 0.05) is 32.7 Å². The van der Waals surface area contributed by atoms with Gasteiger partial charge in [-0.3, -0.25) is 4.90 Å². The molecule has 0 N–H and O–H groups in total.